The highest BCUT2D eigenvalue weighted by molar-refractivity contribution is 6.33. The monoisotopic (exact) mass is 424 g/mol. The summed E-state index contributed by atoms with van der Waals surface area (Å²) in [5.41, 5.74) is 4.49. The molecule has 3 aromatic rings. The third-order valence-corrected chi connectivity index (χ3v) is 4.54. The number of halogens is 1. The minimum absolute atomic E-state index is 0.344. The first-order chi connectivity index (χ1) is 14.6. The smallest absolute Gasteiger partial charge is 0.272 e. The third kappa shape index (κ3) is 5.30. The number of benzene rings is 3. The molecule has 0 bridgehead atoms. The number of carbonyl (C=O) groups is 1. The molecule has 0 saturated heterocycles. The van der Waals surface area contributed by atoms with E-state index in [0.29, 0.717) is 40.0 Å². The van der Waals surface area contributed by atoms with Crippen molar-refractivity contribution in [2.75, 3.05) is 14.2 Å². The Balaban J connectivity index is 1.75. The van der Waals surface area contributed by atoms with E-state index in [-0.39, 0.29) is 0 Å². The van der Waals surface area contributed by atoms with Crippen LogP contribution in [0.1, 0.15) is 21.5 Å². The van der Waals surface area contributed by atoms with Crippen LogP contribution in [0.15, 0.2) is 71.8 Å². The van der Waals surface area contributed by atoms with E-state index < -0.39 is 5.91 Å². The minimum atomic E-state index is -0.404. The average molecular weight is 425 g/mol. The van der Waals surface area contributed by atoms with E-state index in [1.165, 1.54) is 6.21 Å². The number of nitrogens with zero attached hydrogens (tertiary/aromatic N) is 1. The van der Waals surface area contributed by atoms with Crippen LogP contribution in [0, 0.1) is 0 Å². The quantitative estimate of drug-likeness (QED) is 0.420. The van der Waals surface area contributed by atoms with Crippen molar-refractivity contribution < 1.29 is 19.0 Å². The van der Waals surface area contributed by atoms with Gasteiger partial charge in [-0.05, 0) is 29.8 Å². The summed E-state index contributed by atoms with van der Waals surface area (Å²) < 4.78 is 16.8. The number of nitrogens with one attached hydrogen (secondary N) is 1. The van der Waals surface area contributed by atoms with Crippen molar-refractivity contribution in [3.63, 3.8) is 0 Å². The number of ether oxygens (including phenoxy) is 3. The molecule has 0 unspecified atom stereocenters. The van der Waals surface area contributed by atoms with Gasteiger partial charge in [-0.15, -0.1) is 0 Å². The maximum Gasteiger partial charge on any atom is 0.272 e. The van der Waals surface area contributed by atoms with Gasteiger partial charge in [0.15, 0.2) is 11.5 Å². The molecule has 1 amide bonds. The van der Waals surface area contributed by atoms with Crippen molar-refractivity contribution in [2.45, 2.75) is 6.61 Å². The molecule has 0 fully saturated rings. The highest BCUT2D eigenvalue weighted by Crippen LogP contribution is 2.38. The van der Waals surface area contributed by atoms with Crippen LogP contribution >= 0.6 is 11.6 Å². The maximum atomic E-state index is 12.2. The molecule has 0 aliphatic rings. The molecule has 0 radical (unpaired) electrons. The van der Waals surface area contributed by atoms with Crippen molar-refractivity contribution in [3.05, 3.63) is 88.4 Å². The summed E-state index contributed by atoms with van der Waals surface area (Å²) in [5, 5.41) is 4.35. The Kier molecular flexibility index (Phi) is 7.29. The molecule has 0 aliphatic heterocycles. The number of hydrogen-bond acceptors (Lipinski definition) is 5. The lowest BCUT2D eigenvalue weighted by molar-refractivity contribution is 0.0955. The van der Waals surface area contributed by atoms with Crippen LogP contribution in [-0.2, 0) is 6.61 Å². The van der Waals surface area contributed by atoms with E-state index >= 15 is 0 Å². The van der Waals surface area contributed by atoms with Gasteiger partial charge in [-0.1, -0.05) is 54.1 Å². The van der Waals surface area contributed by atoms with Crippen LogP contribution in [0.5, 0.6) is 17.2 Å². The molecule has 6 nitrogen and oxygen atoms in total. The largest absolute Gasteiger partial charge is 0.493 e. The first-order valence-electron chi connectivity index (χ1n) is 9.13. The summed E-state index contributed by atoms with van der Waals surface area (Å²) in [5.74, 6) is 1.06. The Hall–Kier alpha value is -3.51. The van der Waals surface area contributed by atoms with E-state index in [1.807, 2.05) is 30.3 Å². The molecule has 30 heavy (non-hydrogen) atoms. The van der Waals surface area contributed by atoms with Gasteiger partial charge in [-0.25, -0.2) is 5.43 Å². The van der Waals surface area contributed by atoms with Gasteiger partial charge in [0.1, 0.15) is 6.61 Å². The zero-order valence-corrected chi connectivity index (χ0v) is 17.3. The topological polar surface area (TPSA) is 69.2 Å². The van der Waals surface area contributed by atoms with Gasteiger partial charge in [0, 0.05) is 5.56 Å². The summed E-state index contributed by atoms with van der Waals surface area (Å²) >= 11 is 6.03. The molecule has 0 aliphatic carbocycles. The van der Waals surface area contributed by atoms with Crippen LogP contribution in [0.3, 0.4) is 0 Å². The maximum absolute atomic E-state index is 12.2. The van der Waals surface area contributed by atoms with Gasteiger partial charge in [0.2, 0.25) is 5.75 Å². The molecule has 3 aromatic carbocycles. The molecule has 0 aromatic heterocycles. The zero-order valence-electron chi connectivity index (χ0n) is 16.6. The highest BCUT2D eigenvalue weighted by atomic mass is 35.5. The minimum Gasteiger partial charge on any atom is -0.493 e. The number of methoxy groups -OCH3 is 2. The standard InChI is InChI=1S/C23H21ClN2O4/c1-28-20-12-17(14-25-26-23(27)18-10-6-7-11-19(18)24)13-21(29-2)22(20)30-15-16-8-4-3-5-9-16/h3-14H,15H2,1-2H3,(H,26,27)/b25-14-. The Morgan fingerprint density at radius 2 is 1.63 bits per heavy atom. The Labute approximate surface area is 180 Å². The van der Waals surface area contributed by atoms with Crippen LogP contribution in [0.25, 0.3) is 0 Å². The van der Waals surface area contributed by atoms with Gasteiger partial charge in [0.25, 0.3) is 5.91 Å². The fourth-order valence-corrected chi connectivity index (χ4v) is 2.94. The van der Waals surface area contributed by atoms with Crippen LogP contribution < -0.4 is 19.6 Å². The third-order valence-electron chi connectivity index (χ3n) is 4.21. The predicted octanol–water partition coefficient (Wildman–Crippen LogP) is 4.70. The molecular formula is C23H21ClN2O4. The van der Waals surface area contributed by atoms with E-state index in [1.54, 1.807) is 50.6 Å². The van der Waals surface area contributed by atoms with E-state index in [9.17, 15) is 4.79 Å². The lowest BCUT2D eigenvalue weighted by Crippen LogP contribution is -2.17. The van der Waals surface area contributed by atoms with Crippen LogP contribution in [0.2, 0.25) is 5.02 Å². The van der Waals surface area contributed by atoms with Crippen LogP contribution in [0.4, 0.5) is 0 Å². The zero-order chi connectivity index (χ0) is 21.3. The molecule has 154 valence electrons. The molecule has 0 spiro atoms. The number of amides is 1. The Bertz CT molecular complexity index is 1010. The second kappa shape index (κ2) is 10.3. The van der Waals surface area contributed by atoms with Crippen molar-refractivity contribution in [1.82, 2.24) is 5.43 Å². The first-order valence-corrected chi connectivity index (χ1v) is 9.51. The average Bonchev–Trinajstić information content (AvgIpc) is 2.78. The van der Waals surface area contributed by atoms with E-state index in [4.69, 9.17) is 25.8 Å². The van der Waals surface area contributed by atoms with E-state index in [0.717, 1.165) is 5.56 Å². The van der Waals surface area contributed by atoms with Crippen LogP contribution in [-0.4, -0.2) is 26.3 Å². The van der Waals surface area contributed by atoms with Gasteiger partial charge in [-0.2, -0.15) is 5.10 Å². The second-order valence-electron chi connectivity index (χ2n) is 6.21. The lowest BCUT2D eigenvalue weighted by atomic mass is 10.2. The molecular weight excluding hydrogens is 404 g/mol. The SMILES string of the molecule is COc1cc(/C=N\NC(=O)c2ccccc2Cl)cc(OC)c1OCc1ccccc1. The van der Waals surface area contributed by atoms with Gasteiger partial charge in [-0.3, -0.25) is 4.79 Å². The molecule has 1 N–H and O–H groups in total. The van der Waals surface area contributed by atoms with Crippen molar-refractivity contribution in [2.24, 2.45) is 5.10 Å². The Morgan fingerprint density at radius 1 is 1.00 bits per heavy atom. The highest BCUT2D eigenvalue weighted by Gasteiger charge is 2.14. The van der Waals surface area contributed by atoms with E-state index in [2.05, 4.69) is 10.5 Å². The van der Waals surface area contributed by atoms with Gasteiger partial charge in [0.05, 0.1) is 31.0 Å². The summed E-state index contributed by atoms with van der Waals surface area (Å²) in [6, 6.07) is 20.0. The molecule has 3 rings (SSSR count). The molecule has 0 heterocycles. The molecule has 7 heteroatoms. The van der Waals surface area contributed by atoms with Crippen molar-refractivity contribution in [3.8, 4) is 17.2 Å². The van der Waals surface area contributed by atoms with Crippen molar-refractivity contribution in [1.29, 1.82) is 0 Å². The lowest BCUT2D eigenvalue weighted by Gasteiger charge is -2.15. The molecule has 0 atom stereocenters. The summed E-state index contributed by atoms with van der Waals surface area (Å²) in [6.07, 6.45) is 1.49. The first kappa shape index (κ1) is 21.2. The summed E-state index contributed by atoms with van der Waals surface area (Å²) in [6.45, 7) is 0.370. The summed E-state index contributed by atoms with van der Waals surface area (Å²) in [4.78, 5) is 12.2. The Morgan fingerprint density at radius 3 is 2.27 bits per heavy atom. The van der Waals surface area contributed by atoms with Gasteiger partial charge >= 0.3 is 0 Å². The second-order valence-corrected chi connectivity index (χ2v) is 6.61. The predicted molar refractivity (Wildman–Crippen MR) is 117 cm³/mol. The fraction of sp³-hybridized carbons (Fsp3) is 0.130. The number of hydrogen-bond donors (Lipinski definition) is 1. The fourth-order valence-electron chi connectivity index (χ4n) is 2.72. The number of carbonyl (C=O) groups excluding carboxylic acids is 1. The molecule has 0 saturated carbocycles. The number of hydrazone groups is 1. The normalized spacial score (nSPS) is 10.6. The van der Waals surface area contributed by atoms with Crippen molar-refractivity contribution >= 4 is 23.7 Å². The van der Waals surface area contributed by atoms with Gasteiger partial charge < -0.3 is 14.2 Å². The summed E-state index contributed by atoms with van der Waals surface area (Å²) in [7, 11) is 3.09. The number of rotatable bonds is 8.